The summed E-state index contributed by atoms with van der Waals surface area (Å²) < 4.78 is 10.5. The standard InChI is InChI=1S/C16H25NO3/c1-16(20-3,13-19-2)12-17-15(18)11-7-10-14-8-5-4-6-9-14/h4-6,8-9H,7,10-13H2,1-3H3,(H,17,18)/t16-/m1/s1. The number of hydrogen-bond donors (Lipinski definition) is 1. The highest BCUT2D eigenvalue weighted by Gasteiger charge is 2.24. The fourth-order valence-corrected chi connectivity index (χ4v) is 1.96. The van der Waals surface area contributed by atoms with E-state index in [1.807, 2.05) is 25.1 Å². The normalized spacial score (nSPS) is 13.8. The molecule has 1 aromatic rings. The largest absolute Gasteiger partial charge is 0.382 e. The molecule has 1 rings (SSSR count). The molecule has 1 atom stereocenters. The maximum atomic E-state index is 11.8. The SMILES string of the molecule is COC[C@@](C)(CNC(=O)CCCc1ccccc1)OC. The predicted molar refractivity (Wildman–Crippen MR) is 79.7 cm³/mol. The fraction of sp³-hybridized carbons (Fsp3) is 0.562. The van der Waals surface area contributed by atoms with Gasteiger partial charge in [-0.3, -0.25) is 4.79 Å². The van der Waals surface area contributed by atoms with Crippen molar-refractivity contribution in [2.75, 3.05) is 27.4 Å². The van der Waals surface area contributed by atoms with Crippen molar-refractivity contribution in [2.24, 2.45) is 0 Å². The topological polar surface area (TPSA) is 47.6 Å². The maximum absolute atomic E-state index is 11.8. The van der Waals surface area contributed by atoms with E-state index in [4.69, 9.17) is 9.47 Å². The van der Waals surface area contributed by atoms with Crippen LogP contribution in [-0.4, -0.2) is 38.9 Å². The quantitative estimate of drug-likeness (QED) is 0.753. The first kappa shape index (κ1) is 16.7. The third-order valence-electron chi connectivity index (χ3n) is 3.31. The monoisotopic (exact) mass is 279 g/mol. The first-order chi connectivity index (χ1) is 9.59. The molecule has 4 nitrogen and oxygen atoms in total. The summed E-state index contributed by atoms with van der Waals surface area (Å²) in [4.78, 5) is 11.8. The maximum Gasteiger partial charge on any atom is 0.220 e. The summed E-state index contributed by atoms with van der Waals surface area (Å²) in [6.07, 6.45) is 2.30. The van der Waals surface area contributed by atoms with Gasteiger partial charge < -0.3 is 14.8 Å². The Bertz CT molecular complexity index is 394. The van der Waals surface area contributed by atoms with Crippen molar-refractivity contribution in [3.05, 3.63) is 35.9 Å². The molecule has 0 aromatic heterocycles. The number of carbonyl (C=O) groups is 1. The summed E-state index contributed by atoms with van der Waals surface area (Å²) >= 11 is 0. The molecule has 1 aromatic carbocycles. The van der Waals surface area contributed by atoms with Gasteiger partial charge in [-0.05, 0) is 25.3 Å². The molecule has 0 heterocycles. The number of rotatable bonds is 9. The molecule has 4 heteroatoms. The summed E-state index contributed by atoms with van der Waals surface area (Å²) in [6, 6.07) is 10.2. The number of aryl methyl sites for hydroxylation is 1. The van der Waals surface area contributed by atoms with E-state index < -0.39 is 5.60 Å². The molecule has 112 valence electrons. The van der Waals surface area contributed by atoms with Crippen LogP contribution >= 0.6 is 0 Å². The summed E-state index contributed by atoms with van der Waals surface area (Å²) in [5, 5.41) is 2.90. The second-order valence-corrected chi connectivity index (χ2v) is 5.20. The lowest BCUT2D eigenvalue weighted by atomic mass is 10.1. The van der Waals surface area contributed by atoms with Gasteiger partial charge in [0, 0.05) is 27.2 Å². The van der Waals surface area contributed by atoms with Crippen molar-refractivity contribution in [3.8, 4) is 0 Å². The zero-order valence-electron chi connectivity index (χ0n) is 12.6. The molecule has 0 bridgehead atoms. The lowest BCUT2D eigenvalue weighted by molar-refractivity contribution is -0.123. The number of ether oxygens (including phenoxy) is 2. The summed E-state index contributed by atoms with van der Waals surface area (Å²) in [6.45, 7) is 2.83. The van der Waals surface area contributed by atoms with Crippen LogP contribution in [0.5, 0.6) is 0 Å². The summed E-state index contributed by atoms with van der Waals surface area (Å²) in [5.41, 5.74) is 0.797. The van der Waals surface area contributed by atoms with Crippen molar-refractivity contribution in [1.29, 1.82) is 0 Å². The highest BCUT2D eigenvalue weighted by Crippen LogP contribution is 2.08. The van der Waals surface area contributed by atoms with Gasteiger partial charge in [0.15, 0.2) is 0 Å². The molecular formula is C16H25NO3. The number of amides is 1. The van der Waals surface area contributed by atoms with Crippen LogP contribution in [0.3, 0.4) is 0 Å². The van der Waals surface area contributed by atoms with Gasteiger partial charge in [0.25, 0.3) is 0 Å². The number of hydrogen-bond acceptors (Lipinski definition) is 3. The Labute approximate surface area is 121 Å². The number of methoxy groups -OCH3 is 2. The van der Waals surface area contributed by atoms with Crippen LogP contribution in [0, 0.1) is 0 Å². The molecule has 0 saturated heterocycles. The lowest BCUT2D eigenvalue weighted by Gasteiger charge is -2.27. The third-order valence-corrected chi connectivity index (χ3v) is 3.31. The van der Waals surface area contributed by atoms with E-state index in [1.54, 1.807) is 14.2 Å². The van der Waals surface area contributed by atoms with Gasteiger partial charge in [0.2, 0.25) is 5.91 Å². The third kappa shape index (κ3) is 6.17. The van der Waals surface area contributed by atoms with Gasteiger partial charge in [-0.1, -0.05) is 30.3 Å². The fourth-order valence-electron chi connectivity index (χ4n) is 1.96. The van der Waals surface area contributed by atoms with E-state index in [-0.39, 0.29) is 5.91 Å². The first-order valence-electron chi connectivity index (χ1n) is 6.94. The van der Waals surface area contributed by atoms with Gasteiger partial charge in [-0.25, -0.2) is 0 Å². The molecule has 0 radical (unpaired) electrons. The minimum absolute atomic E-state index is 0.0558. The predicted octanol–water partition coefficient (Wildman–Crippen LogP) is 2.18. The van der Waals surface area contributed by atoms with E-state index in [2.05, 4.69) is 17.4 Å². The second-order valence-electron chi connectivity index (χ2n) is 5.20. The Morgan fingerprint density at radius 2 is 1.95 bits per heavy atom. The molecule has 0 spiro atoms. The van der Waals surface area contributed by atoms with E-state index in [1.165, 1.54) is 5.56 Å². The molecule has 0 fully saturated rings. The van der Waals surface area contributed by atoms with Crippen LogP contribution in [0.1, 0.15) is 25.3 Å². The minimum atomic E-state index is -0.468. The number of benzene rings is 1. The minimum Gasteiger partial charge on any atom is -0.382 e. The van der Waals surface area contributed by atoms with Crippen molar-refractivity contribution >= 4 is 5.91 Å². The van der Waals surface area contributed by atoms with Crippen LogP contribution in [0.15, 0.2) is 30.3 Å². The van der Waals surface area contributed by atoms with Crippen molar-refractivity contribution in [2.45, 2.75) is 31.8 Å². The summed E-state index contributed by atoms with van der Waals surface area (Å²) in [7, 11) is 3.25. The molecule has 20 heavy (non-hydrogen) atoms. The Balaban J connectivity index is 2.23. The molecule has 0 aliphatic carbocycles. The molecule has 0 unspecified atom stereocenters. The average molecular weight is 279 g/mol. The van der Waals surface area contributed by atoms with Crippen LogP contribution < -0.4 is 5.32 Å². The van der Waals surface area contributed by atoms with Crippen molar-refractivity contribution in [1.82, 2.24) is 5.32 Å². The van der Waals surface area contributed by atoms with Gasteiger partial charge in [0.05, 0.1) is 6.61 Å². The van der Waals surface area contributed by atoms with E-state index >= 15 is 0 Å². The molecular weight excluding hydrogens is 254 g/mol. The zero-order chi connectivity index (χ0) is 14.8. The van der Waals surface area contributed by atoms with Crippen molar-refractivity contribution < 1.29 is 14.3 Å². The van der Waals surface area contributed by atoms with Crippen LogP contribution in [-0.2, 0) is 20.7 Å². The Morgan fingerprint density at radius 3 is 2.55 bits per heavy atom. The number of nitrogens with one attached hydrogen (secondary N) is 1. The second kappa shape index (κ2) is 8.72. The molecule has 0 aliphatic heterocycles. The Morgan fingerprint density at radius 1 is 1.25 bits per heavy atom. The van der Waals surface area contributed by atoms with Crippen LogP contribution in [0.2, 0.25) is 0 Å². The molecule has 0 saturated carbocycles. The Hall–Kier alpha value is -1.39. The van der Waals surface area contributed by atoms with Crippen LogP contribution in [0.4, 0.5) is 0 Å². The average Bonchev–Trinajstić information content (AvgIpc) is 2.47. The van der Waals surface area contributed by atoms with Gasteiger partial charge in [-0.15, -0.1) is 0 Å². The van der Waals surface area contributed by atoms with Gasteiger partial charge in [-0.2, -0.15) is 0 Å². The molecule has 1 amide bonds. The number of carbonyl (C=O) groups excluding carboxylic acids is 1. The highest BCUT2D eigenvalue weighted by atomic mass is 16.5. The Kier molecular flexibility index (Phi) is 7.26. The van der Waals surface area contributed by atoms with Gasteiger partial charge in [0.1, 0.15) is 5.60 Å². The summed E-state index contributed by atoms with van der Waals surface area (Å²) in [5.74, 6) is 0.0558. The highest BCUT2D eigenvalue weighted by molar-refractivity contribution is 5.75. The molecule has 1 N–H and O–H groups in total. The molecule has 0 aliphatic rings. The first-order valence-corrected chi connectivity index (χ1v) is 6.94. The van der Waals surface area contributed by atoms with Gasteiger partial charge >= 0.3 is 0 Å². The zero-order valence-corrected chi connectivity index (χ0v) is 12.6. The van der Waals surface area contributed by atoms with E-state index in [0.29, 0.717) is 19.6 Å². The van der Waals surface area contributed by atoms with Crippen molar-refractivity contribution in [3.63, 3.8) is 0 Å². The smallest absolute Gasteiger partial charge is 0.220 e. The lowest BCUT2D eigenvalue weighted by Crippen LogP contribution is -2.45. The van der Waals surface area contributed by atoms with E-state index in [0.717, 1.165) is 12.8 Å². The van der Waals surface area contributed by atoms with E-state index in [9.17, 15) is 4.79 Å². The van der Waals surface area contributed by atoms with Crippen LogP contribution in [0.25, 0.3) is 0 Å².